The van der Waals surface area contributed by atoms with Crippen molar-refractivity contribution in [2.75, 3.05) is 0 Å². The van der Waals surface area contributed by atoms with E-state index in [9.17, 15) is 0 Å². The van der Waals surface area contributed by atoms with E-state index in [1.807, 2.05) is 54.6 Å². The average molecular weight is 382 g/mol. The monoisotopic (exact) mass is 382 g/mol. The van der Waals surface area contributed by atoms with Crippen LogP contribution in [0.5, 0.6) is 0 Å². The van der Waals surface area contributed by atoms with Crippen molar-refractivity contribution < 1.29 is 0 Å². The molecule has 2 N–H and O–H groups in total. The standard InChI is InChI=1S/C26H14N4/c1-4-18-21-9-7-16(27-21)15-17-8-10-22(28-17)19(5-2)24-12-14-26(30-24)20(6-3)25-13-11-23(18)29-25/h1-3,7-15,27,30H. The number of fused-ring (bicyclic) bond motifs is 8. The van der Waals surface area contributed by atoms with E-state index >= 15 is 0 Å². The molecule has 8 bridgehead atoms. The topological polar surface area (TPSA) is 57.4 Å². The molecule has 3 aromatic rings. The second-order valence-corrected chi connectivity index (χ2v) is 6.79. The molecule has 5 rings (SSSR count). The van der Waals surface area contributed by atoms with E-state index in [1.165, 1.54) is 0 Å². The largest absolute Gasteiger partial charge is 0.354 e. The Balaban J connectivity index is 2.00. The van der Waals surface area contributed by atoms with Crippen molar-refractivity contribution >= 4 is 46.4 Å². The molecule has 2 aliphatic heterocycles. The van der Waals surface area contributed by atoms with E-state index in [2.05, 4.69) is 32.7 Å². The van der Waals surface area contributed by atoms with Crippen molar-refractivity contribution in [2.24, 2.45) is 0 Å². The summed E-state index contributed by atoms with van der Waals surface area (Å²) in [6.45, 7) is 0. The van der Waals surface area contributed by atoms with Gasteiger partial charge in [-0.05, 0) is 54.6 Å². The van der Waals surface area contributed by atoms with Crippen LogP contribution in [0.3, 0.4) is 0 Å². The first-order valence-electron chi connectivity index (χ1n) is 9.23. The maximum atomic E-state index is 5.83. The number of aromatic nitrogens is 4. The second-order valence-electron chi connectivity index (χ2n) is 6.79. The minimum Gasteiger partial charge on any atom is -0.354 e. The number of rotatable bonds is 0. The fourth-order valence-corrected chi connectivity index (χ4v) is 3.60. The molecule has 0 fully saturated rings. The van der Waals surface area contributed by atoms with Crippen molar-refractivity contribution in [3.63, 3.8) is 0 Å². The third kappa shape index (κ3) is 2.71. The van der Waals surface area contributed by atoms with Gasteiger partial charge in [0.15, 0.2) is 0 Å². The van der Waals surface area contributed by atoms with Crippen molar-refractivity contribution in [3.8, 4) is 37.0 Å². The number of nitrogens with one attached hydrogen (secondary N) is 2. The Bertz CT molecular complexity index is 1560. The summed E-state index contributed by atoms with van der Waals surface area (Å²) in [5.41, 5.74) is 7.98. The highest BCUT2D eigenvalue weighted by atomic mass is 14.8. The minimum absolute atomic E-state index is 0.629. The summed E-state index contributed by atoms with van der Waals surface area (Å²) in [4.78, 5) is 16.0. The normalized spacial score (nSPS) is 11.6. The van der Waals surface area contributed by atoms with E-state index in [0.717, 1.165) is 27.8 Å². The molecule has 30 heavy (non-hydrogen) atoms. The lowest BCUT2D eigenvalue weighted by molar-refractivity contribution is 1.29. The number of hydrogen-bond acceptors (Lipinski definition) is 2. The third-order valence-corrected chi connectivity index (χ3v) is 5.01. The summed E-state index contributed by atoms with van der Waals surface area (Å²) in [6.07, 6.45) is 25.0. The maximum Gasteiger partial charge on any atom is 0.0815 e. The molecule has 3 aromatic heterocycles. The van der Waals surface area contributed by atoms with Gasteiger partial charge in [-0.1, -0.05) is 17.8 Å². The number of aromatic amines is 2. The summed E-state index contributed by atoms with van der Waals surface area (Å²) in [7, 11) is 0. The average Bonchev–Trinajstić information content (AvgIpc) is 3.53. The molecule has 2 aliphatic rings. The molecule has 0 saturated heterocycles. The zero-order valence-electron chi connectivity index (χ0n) is 15.8. The Kier molecular flexibility index (Phi) is 3.89. The lowest BCUT2D eigenvalue weighted by Crippen LogP contribution is -1.87. The summed E-state index contributed by atoms with van der Waals surface area (Å²) in [5, 5.41) is 0. The zero-order valence-corrected chi connectivity index (χ0v) is 15.8. The summed E-state index contributed by atoms with van der Waals surface area (Å²) in [5.74, 6) is 8.22. The summed E-state index contributed by atoms with van der Waals surface area (Å²) >= 11 is 0. The highest BCUT2D eigenvalue weighted by Gasteiger charge is 2.11. The van der Waals surface area contributed by atoms with Crippen LogP contribution in [0.1, 0.15) is 39.5 Å². The first kappa shape index (κ1) is 17.4. The molecule has 5 heterocycles. The van der Waals surface area contributed by atoms with Crippen LogP contribution in [0, 0.1) is 37.0 Å². The molecule has 0 amide bonds. The quantitative estimate of drug-likeness (QED) is 0.385. The van der Waals surface area contributed by atoms with E-state index in [4.69, 9.17) is 24.3 Å². The first-order valence-corrected chi connectivity index (χ1v) is 9.23. The van der Waals surface area contributed by atoms with Crippen LogP contribution in [-0.4, -0.2) is 19.9 Å². The van der Waals surface area contributed by atoms with Crippen LogP contribution in [0.2, 0.25) is 0 Å². The predicted octanol–water partition coefficient (Wildman–Crippen LogP) is 4.60. The second kappa shape index (κ2) is 6.71. The molecule has 0 atom stereocenters. The van der Waals surface area contributed by atoms with Gasteiger partial charge in [-0.15, -0.1) is 19.3 Å². The van der Waals surface area contributed by atoms with Crippen LogP contribution >= 0.6 is 0 Å². The lowest BCUT2D eigenvalue weighted by Gasteiger charge is -1.95. The van der Waals surface area contributed by atoms with E-state index in [0.29, 0.717) is 33.8 Å². The fraction of sp³-hybridized carbons (Fsp3) is 0. The fourth-order valence-electron chi connectivity index (χ4n) is 3.60. The number of terminal acetylenes is 3. The molecule has 0 aromatic carbocycles. The number of hydrogen-bond donors (Lipinski definition) is 2. The SMILES string of the molecule is C#Cc1c2nc(c(C#C)c3ccc([nH]3)c(C#C)c3nc(cc4ccc1[nH]4)C=C3)C=C2. The molecular formula is C26H14N4. The van der Waals surface area contributed by atoms with E-state index in [1.54, 1.807) is 0 Å². The van der Waals surface area contributed by atoms with Gasteiger partial charge in [0.1, 0.15) is 0 Å². The summed E-state index contributed by atoms with van der Waals surface area (Å²) < 4.78 is 0. The smallest absolute Gasteiger partial charge is 0.0815 e. The molecule has 0 saturated carbocycles. The van der Waals surface area contributed by atoms with Gasteiger partial charge in [-0.3, -0.25) is 0 Å². The van der Waals surface area contributed by atoms with Crippen LogP contribution in [0.4, 0.5) is 0 Å². The Morgan fingerprint density at radius 2 is 1.10 bits per heavy atom. The Morgan fingerprint density at radius 1 is 0.600 bits per heavy atom. The highest BCUT2D eigenvalue weighted by molar-refractivity contribution is 5.85. The molecule has 0 aliphatic carbocycles. The highest BCUT2D eigenvalue weighted by Crippen LogP contribution is 2.24. The van der Waals surface area contributed by atoms with E-state index < -0.39 is 0 Å². The lowest BCUT2D eigenvalue weighted by atomic mass is 10.2. The molecule has 138 valence electrons. The van der Waals surface area contributed by atoms with Gasteiger partial charge in [-0.2, -0.15) is 0 Å². The van der Waals surface area contributed by atoms with Gasteiger partial charge in [0.25, 0.3) is 0 Å². The number of nitrogens with zero attached hydrogens (tertiary/aromatic N) is 2. The van der Waals surface area contributed by atoms with Gasteiger partial charge in [-0.25, -0.2) is 9.97 Å². The van der Waals surface area contributed by atoms with Gasteiger partial charge in [0.2, 0.25) is 0 Å². The molecule has 4 nitrogen and oxygen atoms in total. The van der Waals surface area contributed by atoms with Crippen molar-refractivity contribution in [3.05, 3.63) is 69.8 Å². The summed E-state index contributed by atoms with van der Waals surface area (Å²) in [6, 6.07) is 9.61. The van der Waals surface area contributed by atoms with Crippen molar-refractivity contribution in [2.45, 2.75) is 0 Å². The van der Waals surface area contributed by atoms with Crippen molar-refractivity contribution in [1.82, 2.24) is 19.9 Å². The van der Waals surface area contributed by atoms with Gasteiger partial charge < -0.3 is 9.97 Å². The predicted molar refractivity (Wildman–Crippen MR) is 123 cm³/mol. The third-order valence-electron chi connectivity index (χ3n) is 5.01. The molecular weight excluding hydrogens is 368 g/mol. The Morgan fingerprint density at radius 3 is 1.70 bits per heavy atom. The van der Waals surface area contributed by atoms with Crippen LogP contribution in [-0.2, 0) is 0 Å². The maximum absolute atomic E-state index is 5.83. The van der Waals surface area contributed by atoms with E-state index in [-0.39, 0.29) is 0 Å². The van der Waals surface area contributed by atoms with Gasteiger partial charge >= 0.3 is 0 Å². The molecule has 4 heteroatoms. The first-order chi connectivity index (χ1) is 14.7. The minimum atomic E-state index is 0.629. The zero-order chi connectivity index (χ0) is 20.7. The molecule has 0 radical (unpaired) electrons. The van der Waals surface area contributed by atoms with Gasteiger partial charge in [0, 0.05) is 5.52 Å². The van der Waals surface area contributed by atoms with Gasteiger partial charge in [0.05, 0.1) is 56.0 Å². The number of H-pyrrole nitrogens is 2. The van der Waals surface area contributed by atoms with Crippen LogP contribution < -0.4 is 0 Å². The molecule has 0 unspecified atom stereocenters. The molecule has 0 spiro atoms. The van der Waals surface area contributed by atoms with Crippen LogP contribution in [0.15, 0.2) is 30.3 Å². The van der Waals surface area contributed by atoms with Crippen molar-refractivity contribution in [1.29, 1.82) is 0 Å². The van der Waals surface area contributed by atoms with Crippen LogP contribution in [0.25, 0.3) is 46.4 Å². The Hall–Kier alpha value is -4.72. The Labute approximate surface area is 173 Å².